The zero-order chi connectivity index (χ0) is 29.6. The second-order valence-electron chi connectivity index (χ2n) is 10.5. The monoisotopic (exact) mass is 573 g/mol. The molecule has 3 amide bonds. The zero-order valence-corrected chi connectivity index (χ0v) is 22.9. The van der Waals surface area contributed by atoms with Crippen LogP contribution in [0.1, 0.15) is 37.8 Å². The first-order chi connectivity index (χ1) is 19.4. The molecule has 2 aromatic rings. The van der Waals surface area contributed by atoms with Gasteiger partial charge >= 0.3 is 12.1 Å². The summed E-state index contributed by atoms with van der Waals surface area (Å²) in [4.78, 5) is 40.7. The highest BCUT2D eigenvalue weighted by Crippen LogP contribution is 2.28. The van der Waals surface area contributed by atoms with Gasteiger partial charge in [-0.05, 0) is 50.3 Å². The first kappa shape index (κ1) is 30.3. The first-order valence-electron chi connectivity index (χ1n) is 13.5. The van der Waals surface area contributed by atoms with Gasteiger partial charge in [-0.2, -0.15) is 13.2 Å². The molecular weight excluding hydrogens is 539 g/mol. The number of aryl methyl sites for hydroxylation is 1. The summed E-state index contributed by atoms with van der Waals surface area (Å²) in [6.45, 7) is 4.31. The van der Waals surface area contributed by atoms with Crippen molar-refractivity contribution in [3.05, 3.63) is 77.9 Å². The van der Waals surface area contributed by atoms with Crippen molar-refractivity contribution in [2.45, 2.75) is 69.7 Å². The fourth-order valence-corrected chi connectivity index (χ4v) is 4.92. The van der Waals surface area contributed by atoms with Crippen LogP contribution < -0.4 is 15.5 Å². The Labute approximate surface area is 236 Å². The van der Waals surface area contributed by atoms with Crippen LogP contribution in [0, 0.1) is 0 Å². The molecule has 1 fully saturated rings. The number of hydrogen-bond donors (Lipinski definition) is 2. The lowest BCUT2D eigenvalue weighted by molar-refractivity contribution is -0.174. The molecular formula is C30H34F3N3O5. The Kier molecular flexibility index (Phi) is 9.49. The number of anilines is 1. The van der Waals surface area contributed by atoms with Crippen LogP contribution in [0.4, 0.5) is 18.9 Å². The molecule has 8 nitrogen and oxygen atoms in total. The van der Waals surface area contributed by atoms with Crippen molar-refractivity contribution in [3.8, 4) is 0 Å². The van der Waals surface area contributed by atoms with Gasteiger partial charge in [0.1, 0.15) is 18.2 Å². The van der Waals surface area contributed by atoms with E-state index in [1.54, 1.807) is 66.5 Å². The maximum atomic E-state index is 13.8. The Morgan fingerprint density at radius 3 is 2.44 bits per heavy atom. The van der Waals surface area contributed by atoms with Gasteiger partial charge in [0.05, 0.1) is 6.61 Å². The smallest absolute Gasteiger partial charge is 0.347 e. The predicted molar refractivity (Wildman–Crippen MR) is 146 cm³/mol. The number of para-hydroxylation sites is 1. The Bertz CT molecular complexity index is 1270. The number of rotatable bonds is 9. The fraction of sp³-hybridized carbons (Fsp3) is 0.433. The van der Waals surface area contributed by atoms with E-state index in [4.69, 9.17) is 9.47 Å². The maximum absolute atomic E-state index is 13.8. The molecule has 2 aromatic carbocycles. The van der Waals surface area contributed by atoms with Crippen molar-refractivity contribution in [3.63, 3.8) is 0 Å². The predicted octanol–water partition coefficient (Wildman–Crippen LogP) is 3.84. The number of ether oxygens (including phenoxy) is 2. The average Bonchev–Trinajstić information content (AvgIpc) is 3.29. The summed E-state index contributed by atoms with van der Waals surface area (Å²) in [5.41, 5.74) is 2.27. The van der Waals surface area contributed by atoms with E-state index in [0.717, 1.165) is 24.1 Å². The number of hydrogen-bond acceptors (Lipinski definition) is 5. The van der Waals surface area contributed by atoms with Crippen LogP contribution in [0.2, 0.25) is 0 Å². The number of halogens is 3. The van der Waals surface area contributed by atoms with E-state index in [1.807, 2.05) is 24.3 Å². The minimum Gasteiger partial charge on any atom is -0.347 e. The molecule has 0 spiro atoms. The molecule has 0 aliphatic carbocycles. The van der Waals surface area contributed by atoms with Crippen molar-refractivity contribution in [1.82, 2.24) is 10.6 Å². The molecule has 0 saturated carbocycles. The van der Waals surface area contributed by atoms with E-state index in [0.29, 0.717) is 18.7 Å². The quantitative estimate of drug-likeness (QED) is 0.445. The normalized spacial score (nSPS) is 19.8. The van der Waals surface area contributed by atoms with E-state index in [-0.39, 0.29) is 18.9 Å². The molecule has 0 unspecified atom stereocenters. The Balaban J connectivity index is 1.57. The number of carbonyl (C=O) groups excluding carboxylic acids is 3. The molecule has 2 aliphatic rings. The Morgan fingerprint density at radius 1 is 1.05 bits per heavy atom. The molecule has 2 N–H and O–H groups in total. The van der Waals surface area contributed by atoms with Crippen molar-refractivity contribution in [2.24, 2.45) is 0 Å². The fourth-order valence-electron chi connectivity index (χ4n) is 4.92. The summed E-state index contributed by atoms with van der Waals surface area (Å²) in [6.07, 6.45) is -0.735. The highest BCUT2D eigenvalue weighted by atomic mass is 19.4. The molecule has 0 bridgehead atoms. The number of fused-ring (bicyclic) bond motifs is 1. The van der Waals surface area contributed by atoms with E-state index >= 15 is 0 Å². The van der Waals surface area contributed by atoms with Gasteiger partial charge in [-0.3, -0.25) is 14.4 Å². The number of amides is 3. The summed E-state index contributed by atoms with van der Waals surface area (Å²) >= 11 is 0. The van der Waals surface area contributed by atoms with E-state index < -0.39 is 41.8 Å². The molecule has 41 heavy (non-hydrogen) atoms. The number of nitrogens with zero attached hydrogens (tertiary/aromatic N) is 1. The second kappa shape index (κ2) is 12.9. The molecule has 0 aromatic heterocycles. The van der Waals surface area contributed by atoms with Gasteiger partial charge in [0.25, 0.3) is 0 Å². The van der Waals surface area contributed by atoms with Crippen LogP contribution in [-0.2, 0) is 36.7 Å². The average molecular weight is 574 g/mol. The van der Waals surface area contributed by atoms with Crippen LogP contribution in [0.25, 0.3) is 0 Å². The number of benzene rings is 2. The summed E-state index contributed by atoms with van der Waals surface area (Å²) in [7, 11) is 0. The van der Waals surface area contributed by atoms with Gasteiger partial charge in [-0.25, -0.2) is 0 Å². The molecule has 220 valence electrons. The third kappa shape index (κ3) is 8.17. The lowest BCUT2D eigenvalue weighted by atomic mass is 10.00. The lowest BCUT2D eigenvalue weighted by Crippen LogP contribution is -2.56. The summed E-state index contributed by atoms with van der Waals surface area (Å²) in [5, 5.41) is 4.43. The third-order valence-corrected chi connectivity index (χ3v) is 6.91. The van der Waals surface area contributed by atoms with Gasteiger partial charge in [0.2, 0.25) is 11.8 Å². The zero-order valence-electron chi connectivity index (χ0n) is 22.9. The molecule has 1 saturated heterocycles. The molecule has 2 aliphatic heterocycles. The molecule has 11 heteroatoms. The van der Waals surface area contributed by atoms with Gasteiger partial charge < -0.3 is 25.0 Å². The minimum atomic E-state index is -5.18. The highest BCUT2D eigenvalue weighted by molar-refractivity contribution is 6.01. The van der Waals surface area contributed by atoms with Crippen molar-refractivity contribution in [2.75, 3.05) is 18.1 Å². The van der Waals surface area contributed by atoms with Crippen molar-refractivity contribution < 1.29 is 37.0 Å². The van der Waals surface area contributed by atoms with Crippen LogP contribution in [0.3, 0.4) is 0 Å². The second-order valence-corrected chi connectivity index (χ2v) is 10.5. The molecule has 2 heterocycles. The van der Waals surface area contributed by atoms with E-state index in [2.05, 4.69) is 5.32 Å². The van der Waals surface area contributed by atoms with E-state index in [1.165, 1.54) is 0 Å². The lowest BCUT2D eigenvalue weighted by Gasteiger charge is -2.33. The molecule has 3 atom stereocenters. The third-order valence-electron chi connectivity index (χ3n) is 6.91. The standard InChI is InChI=1S/C30H34F3N3O5/c1-29(2)40-19-22(41-29)14-8-15-23(27(38)36-17-9-13-21-12-6-7-16-25(21)36)34-26(37)24(35-28(39)30(31,32)33)18-20-10-4-3-5-11-20/h3-8,10-12,14,16,22-24H,9,13,15,17-19H2,1-2H3,(H,34,37)(H,35,39)/b14-8+/t22-,23+,24-/m0/s1. The Hall–Kier alpha value is -3.70. The maximum Gasteiger partial charge on any atom is 0.471 e. The van der Waals surface area contributed by atoms with Crippen LogP contribution in [0.15, 0.2) is 66.7 Å². The summed E-state index contributed by atoms with van der Waals surface area (Å²) in [5.74, 6) is -4.29. The largest absolute Gasteiger partial charge is 0.471 e. The summed E-state index contributed by atoms with van der Waals surface area (Å²) < 4.78 is 50.7. The summed E-state index contributed by atoms with van der Waals surface area (Å²) in [6, 6.07) is 13.2. The number of nitrogens with one attached hydrogen (secondary N) is 2. The number of carbonyl (C=O) groups is 3. The van der Waals surface area contributed by atoms with Crippen LogP contribution >= 0.6 is 0 Å². The SMILES string of the molecule is CC1(C)OC[C@H](/C=C/C[C@@H](NC(=O)[C@H](Cc2ccccc2)NC(=O)C(F)(F)F)C(=O)N2CCCc3ccccc32)O1. The van der Waals surface area contributed by atoms with E-state index in [9.17, 15) is 27.6 Å². The van der Waals surface area contributed by atoms with Gasteiger partial charge in [0.15, 0.2) is 5.79 Å². The molecule has 4 rings (SSSR count). The minimum absolute atomic E-state index is 0.0504. The number of alkyl halides is 3. The highest BCUT2D eigenvalue weighted by Gasteiger charge is 2.41. The van der Waals surface area contributed by atoms with Crippen molar-refractivity contribution in [1.29, 1.82) is 0 Å². The van der Waals surface area contributed by atoms with Gasteiger partial charge in [-0.1, -0.05) is 60.7 Å². The van der Waals surface area contributed by atoms with Crippen molar-refractivity contribution >= 4 is 23.4 Å². The van der Waals surface area contributed by atoms with Gasteiger partial charge in [0, 0.05) is 18.7 Å². The Morgan fingerprint density at radius 2 is 1.76 bits per heavy atom. The van der Waals surface area contributed by atoms with Crippen LogP contribution in [0.5, 0.6) is 0 Å². The van der Waals surface area contributed by atoms with Crippen LogP contribution in [-0.4, -0.2) is 61.0 Å². The first-order valence-corrected chi connectivity index (χ1v) is 13.5. The van der Waals surface area contributed by atoms with Gasteiger partial charge in [-0.15, -0.1) is 0 Å². The topological polar surface area (TPSA) is 97.0 Å². The molecule has 0 radical (unpaired) electrons.